The number of carbonyl (C=O) groups is 1. The predicted molar refractivity (Wildman–Crippen MR) is 86.0 cm³/mol. The molecule has 0 bridgehead atoms. The molecule has 2 N–H and O–H groups in total. The van der Waals surface area contributed by atoms with Crippen molar-refractivity contribution in [2.75, 3.05) is 5.32 Å². The van der Waals surface area contributed by atoms with Gasteiger partial charge in [-0.15, -0.1) is 0 Å². The normalized spacial score (nSPS) is 9.90. The number of carbonyl (C=O) groups excluding carboxylic acids is 1. The topological polar surface area (TPSA) is 41.1 Å². The van der Waals surface area contributed by atoms with E-state index in [-0.39, 0.29) is 5.91 Å². The molecule has 0 aromatic heterocycles. The van der Waals surface area contributed by atoms with Crippen LogP contribution in [0, 0.1) is 13.8 Å². The highest BCUT2D eigenvalue weighted by Crippen LogP contribution is 2.08. The average molecular weight is 284 g/mol. The quantitative estimate of drug-likeness (QED) is 0.830. The van der Waals surface area contributed by atoms with Crippen molar-refractivity contribution in [2.45, 2.75) is 13.8 Å². The number of rotatable bonds is 2. The van der Waals surface area contributed by atoms with Crippen LogP contribution in [0.15, 0.2) is 48.5 Å². The number of benzene rings is 2. The maximum absolute atomic E-state index is 12.0. The minimum Gasteiger partial charge on any atom is -0.332 e. The SMILES string of the molecule is Cc1ccc(NC(=S)NC(=O)c2cccc(C)c2)cc1. The Kier molecular flexibility index (Phi) is 4.48. The Labute approximate surface area is 124 Å². The first kappa shape index (κ1) is 14.2. The second-order valence-corrected chi connectivity index (χ2v) is 5.05. The lowest BCUT2D eigenvalue weighted by Crippen LogP contribution is -2.34. The first-order chi connectivity index (χ1) is 9.54. The van der Waals surface area contributed by atoms with Crippen LogP contribution in [0.5, 0.6) is 0 Å². The van der Waals surface area contributed by atoms with Gasteiger partial charge in [0.1, 0.15) is 0 Å². The summed E-state index contributed by atoms with van der Waals surface area (Å²) in [4.78, 5) is 12.0. The number of amides is 1. The molecule has 0 radical (unpaired) electrons. The van der Waals surface area contributed by atoms with Crippen molar-refractivity contribution in [2.24, 2.45) is 0 Å². The van der Waals surface area contributed by atoms with E-state index in [9.17, 15) is 4.79 Å². The van der Waals surface area contributed by atoms with Crippen molar-refractivity contribution >= 4 is 28.9 Å². The lowest BCUT2D eigenvalue weighted by Gasteiger charge is -2.10. The Morgan fingerprint density at radius 1 is 1.00 bits per heavy atom. The molecule has 0 aliphatic rings. The van der Waals surface area contributed by atoms with Crippen LogP contribution < -0.4 is 10.6 Å². The number of thiocarbonyl (C=S) groups is 1. The van der Waals surface area contributed by atoms with Gasteiger partial charge in [-0.2, -0.15) is 0 Å². The van der Waals surface area contributed by atoms with Crippen LogP contribution in [-0.2, 0) is 0 Å². The van der Waals surface area contributed by atoms with Crippen LogP contribution in [-0.4, -0.2) is 11.0 Å². The van der Waals surface area contributed by atoms with E-state index in [0.29, 0.717) is 10.7 Å². The Balaban J connectivity index is 1.97. The van der Waals surface area contributed by atoms with Gasteiger partial charge in [0.05, 0.1) is 0 Å². The molecule has 2 rings (SSSR count). The zero-order valence-corrected chi connectivity index (χ0v) is 12.3. The van der Waals surface area contributed by atoms with Gasteiger partial charge < -0.3 is 5.32 Å². The van der Waals surface area contributed by atoms with Crippen molar-refractivity contribution in [3.63, 3.8) is 0 Å². The van der Waals surface area contributed by atoms with Crippen molar-refractivity contribution < 1.29 is 4.79 Å². The van der Waals surface area contributed by atoms with Crippen LogP contribution in [0.3, 0.4) is 0 Å². The fourth-order valence-electron chi connectivity index (χ4n) is 1.76. The molecule has 0 aliphatic carbocycles. The largest absolute Gasteiger partial charge is 0.332 e. The third-order valence-corrected chi connectivity index (χ3v) is 3.02. The van der Waals surface area contributed by atoms with Gasteiger partial charge in [-0.25, -0.2) is 0 Å². The van der Waals surface area contributed by atoms with Gasteiger partial charge in [0, 0.05) is 11.3 Å². The Morgan fingerprint density at radius 2 is 1.70 bits per heavy atom. The molecule has 0 saturated heterocycles. The number of anilines is 1. The summed E-state index contributed by atoms with van der Waals surface area (Å²) < 4.78 is 0. The molecule has 3 nitrogen and oxygen atoms in total. The standard InChI is InChI=1S/C16H16N2OS/c1-11-6-8-14(9-7-11)17-16(20)18-15(19)13-5-3-4-12(2)10-13/h3-10H,1-2H3,(H2,17,18,19,20). The smallest absolute Gasteiger partial charge is 0.257 e. The van der Waals surface area contributed by atoms with Crippen LogP contribution >= 0.6 is 12.2 Å². The molecular formula is C16H16N2OS. The maximum Gasteiger partial charge on any atom is 0.257 e. The Hall–Kier alpha value is -2.20. The van der Waals surface area contributed by atoms with Crippen molar-refractivity contribution in [3.8, 4) is 0 Å². The van der Waals surface area contributed by atoms with Gasteiger partial charge in [-0.05, 0) is 50.3 Å². The summed E-state index contributed by atoms with van der Waals surface area (Å²) in [5.41, 5.74) is 3.66. The van der Waals surface area contributed by atoms with E-state index in [2.05, 4.69) is 10.6 Å². The second-order valence-electron chi connectivity index (χ2n) is 4.64. The van der Waals surface area contributed by atoms with Crippen LogP contribution in [0.1, 0.15) is 21.5 Å². The highest BCUT2D eigenvalue weighted by molar-refractivity contribution is 7.80. The number of aryl methyl sites for hydroxylation is 2. The first-order valence-electron chi connectivity index (χ1n) is 6.30. The summed E-state index contributed by atoms with van der Waals surface area (Å²) in [5.74, 6) is -0.210. The number of nitrogens with one attached hydrogen (secondary N) is 2. The van der Waals surface area contributed by atoms with E-state index in [1.807, 2.05) is 56.3 Å². The lowest BCUT2D eigenvalue weighted by molar-refractivity contribution is 0.0977. The number of hydrogen-bond acceptors (Lipinski definition) is 2. The van der Waals surface area contributed by atoms with Gasteiger partial charge in [-0.1, -0.05) is 35.4 Å². The minimum atomic E-state index is -0.210. The van der Waals surface area contributed by atoms with Crippen molar-refractivity contribution in [1.82, 2.24) is 5.32 Å². The molecule has 0 spiro atoms. The third kappa shape index (κ3) is 3.90. The molecule has 0 fully saturated rings. The maximum atomic E-state index is 12.0. The zero-order valence-electron chi connectivity index (χ0n) is 11.4. The van der Waals surface area contributed by atoms with E-state index in [4.69, 9.17) is 12.2 Å². The monoisotopic (exact) mass is 284 g/mol. The molecular weight excluding hydrogens is 268 g/mol. The highest BCUT2D eigenvalue weighted by atomic mass is 32.1. The van der Waals surface area contributed by atoms with Gasteiger partial charge in [0.15, 0.2) is 5.11 Å². The second kappa shape index (κ2) is 6.30. The van der Waals surface area contributed by atoms with Gasteiger partial charge >= 0.3 is 0 Å². The zero-order chi connectivity index (χ0) is 14.5. The molecule has 2 aromatic rings. The summed E-state index contributed by atoms with van der Waals surface area (Å²) in [6.45, 7) is 3.96. The molecule has 0 saturated carbocycles. The number of hydrogen-bond donors (Lipinski definition) is 2. The molecule has 1 amide bonds. The molecule has 0 atom stereocenters. The van der Waals surface area contributed by atoms with Gasteiger partial charge in [0.2, 0.25) is 0 Å². The minimum absolute atomic E-state index is 0.210. The Morgan fingerprint density at radius 3 is 2.35 bits per heavy atom. The molecule has 2 aromatic carbocycles. The first-order valence-corrected chi connectivity index (χ1v) is 6.71. The van der Waals surface area contributed by atoms with Crippen LogP contribution in [0.2, 0.25) is 0 Å². The summed E-state index contributed by atoms with van der Waals surface area (Å²) in [7, 11) is 0. The summed E-state index contributed by atoms with van der Waals surface area (Å²) >= 11 is 5.13. The molecule has 20 heavy (non-hydrogen) atoms. The van der Waals surface area contributed by atoms with Crippen LogP contribution in [0.4, 0.5) is 5.69 Å². The average Bonchev–Trinajstić information content (AvgIpc) is 2.41. The molecule has 4 heteroatoms. The predicted octanol–water partition coefficient (Wildman–Crippen LogP) is 3.43. The summed E-state index contributed by atoms with van der Waals surface area (Å²) in [6.07, 6.45) is 0. The van der Waals surface area contributed by atoms with Crippen molar-refractivity contribution in [3.05, 3.63) is 65.2 Å². The van der Waals surface area contributed by atoms with E-state index in [1.165, 1.54) is 5.56 Å². The lowest BCUT2D eigenvalue weighted by atomic mass is 10.1. The van der Waals surface area contributed by atoms with Gasteiger partial charge in [0.25, 0.3) is 5.91 Å². The summed E-state index contributed by atoms with van der Waals surface area (Å²) in [5, 5.41) is 5.94. The molecule has 102 valence electrons. The van der Waals surface area contributed by atoms with Crippen LogP contribution in [0.25, 0.3) is 0 Å². The molecule has 0 aliphatic heterocycles. The fourth-order valence-corrected chi connectivity index (χ4v) is 1.97. The van der Waals surface area contributed by atoms with Crippen molar-refractivity contribution in [1.29, 1.82) is 0 Å². The van der Waals surface area contributed by atoms with E-state index in [0.717, 1.165) is 11.3 Å². The van der Waals surface area contributed by atoms with E-state index < -0.39 is 0 Å². The fraction of sp³-hybridized carbons (Fsp3) is 0.125. The van der Waals surface area contributed by atoms with E-state index >= 15 is 0 Å². The van der Waals surface area contributed by atoms with Gasteiger partial charge in [-0.3, -0.25) is 10.1 Å². The Bertz CT molecular complexity index is 635. The molecule has 0 heterocycles. The highest BCUT2D eigenvalue weighted by Gasteiger charge is 2.07. The third-order valence-electron chi connectivity index (χ3n) is 2.82. The summed E-state index contributed by atoms with van der Waals surface area (Å²) in [6, 6.07) is 15.2. The molecule has 0 unspecified atom stereocenters. The van der Waals surface area contributed by atoms with E-state index in [1.54, 1.807) is 6.07 Å².